The number of hydrogen-bond acceptors (Lipinski definition) is 30. The fraction of sp³-hybridized carbons (Fsp3) is 0.419. The van der Waals surface area contributed by atoms with Crippen LogP contribution in [-0.2, 0) is 80.8 Å². The van der Waals surface area contributed by atoms with Gasteiger partial charge in [0.15, 0.2) is 0 Å². The Morgan fingerprint density at radius 3 is 1.40 bits per heavy atom. The minimum absolute atomic E-state index is 0. The number of fused-ring (bicyclic) bond motifs is 5. The van der Waals surface area contributed by atoms with Gasteiger partial charge in [-0.1, -0.05) is 73.6 Å². The van der Waals surface area contributed by atoms with Crippen LogP contribution in [0.4, 0.5) is 5.69 Å². The third-order valence-electron chi connectivity index (χ3n) is 18.3. The molecule has 0 aromatic heterocycles. The Morgan fingerprint density at radius 1 is 0.528 bits per heavy atom. The molecule has 34 heteroatoms. The lowest BCUT2D eigenvalue weighted by Gasteiger charge is -2.45. The fourth-order valence-electron chi connectivity index (χ4n) is 13.9. The predicted octanol–water partition coefficient (Wildman–Crippen LogP) is 8.08. The Bertz CT molecular complexity index is 4350. The summed E-state index contributed by atoms with van der Waals surface area (Å²) in [5.74, 6) is -7.28. The van der Waals surface area contributed by atoms with Gasteiger partial charge in [-0.25, -0.2) is 14.4 Å². The second kappa shape index (κ2) is 36.1. The molecule has 1 N–H and O–H groups in total. The highest BCUT2D eigenvalue weighted by molar-refractivity contribution is 6.32. The van der Waals surface area contributed by atoms with Crippen LogP contribution in [0.15, 0.2) is 114 Å². The zero-order chi connectivity index (χ0) is 77.2. The number of anilines is 1. The number of nitrogens with zero attached hydrogens (tertiary/aromatic N) is 3. The van der Waals surface area contributed by atoms with Gasteiger partial charge in [0, 0.05) is 84.9 Å². The number of rotatable bonds is 27. The lowest BCUT2D eigenvalue weighted by Crippen LogP contribution is -2.62. The minimum atomic E-state index is -1.67. The lowest BCUT2D eigenvalue weighted by atomic mass is 9.63. The van der Waals surface area contributed by atoms with E-state index in [4.69, 9.17) is 92.1 Å². The number of hydrogen-bond donors (Lipinski definition) is 1. The molecular formula is C74H81ClN4O29. The van der Waals surface area contributed by atoms with Crippen molar-refractivity contribution in [2.45, 2.75) is 113 Å². The first-order valence-electron chi connectivity index (χ1n) is 32.9. The molecule has 6 aromatic carbocycles. The molecule has 6 aromatic rings. The van der Waals surface area contributed by atoms with Gasteiger partial charge in [-0.15, -0.1) is 20.2 Å². The van der Waals surface area contributed by atoms with E-state index in [1.807, 2.05) is 6.07 Å². The van der Waals surface area contributed by atoms with Crippen molar-refractivity contribution in [2.24, 2.45) is 4.99 Å². The third kappa shape index (κ3) is 16.7. The normalized spacial score (nSPS) is 23.6. The van der Waals surface area contributed by atoms with Crippen LogP contribution < -0.4 is 24.3 Å². The molecule has 3 heterocycles. The second-order valence-electron chi connectivity index (χ2n) is 24.3. The highest BCUT2D eigenvalue weighted by Gasteiger charge is 2.53. The van der Waals surface area contributed by atoms with E-state index in [-0.39, 0.29) is 88.1 Å². The molecule has 0 saturated carbocycles. The topological polar surface area (TPSA) is 388 Å². The van der Waals surface area contributed by atoms with Crippen molar-refractivity contribution < 1.29 is 129 Å². The molecule has 2 aliphatic carbocycles. The summed E-state index contributed by atoms with van der Waals surface area (Å²) in [7, 11) is 15.7. The Hall–Kier alpha value is -10.3. The first-order valence-corrected chi connectivity index (χ1v) is 33.3. The summed E-state index contributed by atoms with van der Waals surface area (Å²) in [4.78, 5) is 119. The van der Waals surface area contributed by atoms with E-state index in [1.54, 1.807) is 78.9 Å². The summed E-state index contributed by atoms with van der Waals surface area (Å²) < 4.78 is 100. The van der Waals surface area contributed by atoms with E-state index in [9.17, 15) is 39.4 Å². The Kier molecular flexibility index (Phi) is 27.3. The summed E-state index contributed by atoms with van der Waals surface area (Å²) in [5, 5.41) is 22.5. The van der Waals surface area contributed by atoms with Gasteiger partial charge >= 0.3 is 17.9 Å². The number of ketones is 2. The number of carbonyl (C=O) groups excluding carboxylic acids is 6. The number of halogens is 1. The number of esters is 3. The van der Waals surface area contributed by atoms with Crippen LogP contribution in [-0.4, -0.2) is 223 Å². The summed E-state index contributed by atoms with van der Waals surface area (Å²) in [5.41, 5.74) is 2.71. The molecule has 2 fully saturated rings. The molecule has 0 spiro atoms. The van der Waals surface area contributed by atoms with Gasteiger partial charge in [-0.05, 0) is 90.7 Å². The monoisotopic (exact) mass is 1520 g/mol. The van der Waals surface area contributed by atoms with E-state index in [2.05, 4.69) is 20.0 Å². The largest absolute Gasteiger partial charge is 0.496 e. The number of aliphatic imine (C=N–C) groups is 1. The highest BCUT2D eigenvalue weighted by Crippen LogP contribution is 2.57. The Morgan fingerprint density at radius 2 is 0.972 bits per heavy atom. The van der Waals surface area contributed by atoms with E-state index < -0.39 is 137 Å². The highest BCUT2D eigenvalue weighted by atomic mass is 35.5. The Balaban J connectivity index is 0.000000387. The molecular weight excluding hydrogens is 1440 g/mol. The van der Waals surface area contributed by atoms with Crippen molar-refractivity contribution in [3.8, 4) is 23.0 Å². The zero-order valence-corrected chi connectivity index (χ0v) is 60.8. The van der Waals surface area contributed by atoms with E-state index in [1.165, 1.54) is 102 Å². The van der Waals surface area contributed by atoms with Crippen LogP contribution in [0.3, 0.4) is 0 Å². The van der Waals surface area contributed by atoms with E-state index in [0.717, 1.165) is 13.8 Å². The van der Waals surface area contributed by atoms with Crippen LogP contribution in [0.1, 0.15) is 119 Å². The third-order valence-corrected chi connectivity index (χ3v) is 18.6. The summed E-state index contributed by atoms with van der Waals surface area (Å²) >= 11 is 6.10. The average Bonchev–Trinajstić information content (AvgIpc) is 0.758. The number of carbonyl (C=O) groups is 6. The number of benzene rings is 6. The number of benzodiazepines with no additional fused rings is 1. The van der Waals surface area contributed by atoms with Crippen LogP contribution >= 0.6 is 11.6 Å². The molecule has 3 aliphatic heterocycles. The number of amides is 1. The molecule has 0 bridgehead atoms. The zero-order valence-electron chi connectivity index (χ0n) is 60.0. The van der Waals surface area contributed by atoms with Crippen molar-refractivity contribution in [1.29, 1.82) is 0 Å². The van der Waals surface area contributed by atoms with Crippen molar-refractivity contribution in [3.63, 3.8) is 0 Å². The second-order valence-corrected chi connectivity index (χ2v) is 24.8. The molecule has 5 aliphatic rings. The van der Waals surface area contributed by atoms with E-state index >= 15 is 9.59 Å². The van der Waals surface area contributed by atoms with Crippen molar-refractivity contribution in [3.05, 3.63) is 201 Å². The van der Waals surface area contributed by atoms with Crippen LogP contribution in [0.2, 0.25) is 5.02 Å². The molecule has 15 atom stereocenters. The predicted molar refractivity (Wildman–Crippen MR) is 377 cm³/mol. The van der Waals surface area contributed by atoms with Gasteiger partial charge in [0.25, 0.3) is 16.1 Å². The maximum Gasteiger partial charge on any atom is 0.342 e. The number of methoxy groups -OCH3 is 11. The van der Waals surface area contributed by atoms with Crippen molar-refractivity contribution >= 4 is 58.4 Å². The van der Waals surface area contributed by atoms with Crippen LogP contribution in [0.5, 0.6) is 23.0 Å². The molecule has 2 saturated heterocycles. The van der Waals surface area contributed by atoms with Gasteiger partial charge in [-0.3, -0.25) is 29.1 Å². The number of ether oxygens (including phenoxy) is 17. The molecule has 3 unspecified atom stereocenters. The minimum Gasteiger partial charge on any atom is -0.496 e. The molecule has 578 valence electrons. The summed E-state index contributed by atoms with van der Waals surface area (Å²) in [6.07, 6.45) is -11.9. The standard InChI is InChI=1S/C55H63NO23.C18H14ClN3O6.CH4/c1-25(79-56(61)62)74-53(60)27-20-31-39(29-16-14-18-33(41(29)45(58)43(31)35(22-27)66-5)76-55-51(72-11)49(70-9)47(68-7)37(78-55)24-64-3)38-28-15-13-17-32(75-54-50(71-10)48(69-8)46(67-6)36(77-54)23-63-2)40(28)44(57)42-30(38)19-26(52(59)73-12)21-34(42)65-4;1-10(28-22(25)26)27-18(24)16-17(23)20-14-8-7-12(19)9-13(14)15(21-16)11-5-3-2-4-6-11;/h13-22,25,36-39,46-51,54-55H,23-24H2,1-12H3;2-10,16H,1H3,(H,20,23);1H4/t25?,36-,37+,38+,39+,46-,47+,48+,49-,50-,51+,54-,55+;;/m0../s1. The van der Waals surface area contributed by atoms with Crippen LogP contribution in [0.25, 0.3) is 0 Å². The van der Waals surface area contributed by atoms with Crippen molar-refractivity contribution in [1.82, 2.24) is 0 Å². The molecule has 1 amide bonds. The average molecular weight is 1530 g/mol. The maximum atomic E-state index is 15.7. The quantitative estimate of drug-likeness (QED) is 0.0127. The van der Waals surface area contributed by atoms with Crippen molar-refractivity contribution in [2.75, 3.05) is 96.7 Å². The summed E-state index contributed by atoms with van der Waals surface area (Å²) in [6, 6.07) is 27.5. The fourth-order valence-corrected chi connectivity index (χ4v) is 14.1. The Labute approximate surface area is 624 Å². The molecule has 33 nitrogen and oxygen atoms in total. The van der Waals surface area contributed by atoms with Crippen LogP contribution in [0, 0.1) is 20.2 Å². The van der Waals surface area contributed by atoms with Gasteiger partial charge in [-0.2, -0.15) is 0 Å². The first-order chi connectivity index (χ1) is 51.5. The maximum absolute atomic E-state index is 15.7. The number of nitrogens with one attached hydrogen (secondary N) is 1. The SMILES string of the molecule is C.CC(OC(=O)C1N=C(c2ccccc2)c2cc(Cl)ccc2NC1=O)O[N+](=O)[O-].COC[C@@H]1O[C@H](Oc2cccc3c2C(=O)c2c(OC)cc(C(=O)OC)cc2[C@@H]3[C@H]2c3cc(C(=O)OC(C)O[N+](=O)[O-])cc(OC)c3C(=O)c3c(O[C@@H]4O[C@H](COC)[C@@H](OC)[C@H](OC)[C@H]4OC)cccc32)[C@@H](OC)[C@H](OC)[C@H]1OC. The first kappa shape index (κ1) is 81.8. The smallest absolute Gasteiger partial charge is 0.342 e. The molecule has 0 radical (unpaired) electrons. The van der Waals surface area contributed by atoms with E-state index in [0.29, 0.717) is 38.7 Å². The molecule has 11 rings (SSSR count). The van der Waals surface area contributed by atoms with Gasteiger partial charge in [0.05, 0.1) is 79.3 Å². The van der Waals surface area contributed by atoms with Gasteiger partial charge < -0.3 is 85.8 Å². The van der Waals surface area contributed by atoms with Gasteiger partial charge in [0.2, 0.25) is 42.8 Å². The summed E-state index contributed by atoms with van der Waals surface area (Å²) in [6.45, 7) is 2.44. The lowest BCUT2D eigenvalue weighted by molar-refractivity contribution is -0.777. The van der Waals surface area contributed by atoms with Gasteiger partial charge in [0.1, 0.15) is 71.8 Å². The molecule has 108 heavy (non-hydrogen) atoms.